The lowest BCUT2D eigenvalue weighted by Crippen LogP contribution is -2.22. The molecule has 3 heteroatoms. The highest BCUT2D eigenvalue weighted by Gasteiger charge is 2.18. The summed E-state index contributed by atoms with van der Waals surface area (Å²) in [6.07, 6.45) is 0. The first-order chi connectivity index (χ1) is 10.1. The van der Waals surface area contributed by atoms with E-state index in [0.717, 1.165) is 0 Å². The van der Waals surface area contributed by atoms with Gasteiger partial charge >= 0.3 is 0 Å². The van der Waals surface area contributed by atoms with E-state index in [4.69, 9.17) is 5.73 Å². The Morgan fingerprint density at radius 1 is 1.05 bits per heavy atom. The van der Waals surface area contributed by atoms with Gasteiger partial charge in [-0.25, -0.2) is 0 Å². The Balaban J connectivity index is 1.91. The molecule has 0 aliphatic carbocycles. The van der Waals surface area contributed by atoms with Crippen LogP contribution in [0.4, 0.5) is 0 Å². The summed E-state index contributed by atoms with van der Waals surface area (Å²) in [6.45, 7) is 4.19. The van der Waals surface area contributed by atoms with Crippen LogP contribution >= 0.6 is 11.8 Å². The van der Waals surface area contributed by atoms with Gasteiger partial charge in [-0.15, -0.1) is 0 Å². The lowest BCUT2D eigenvalue weighted by Gasteiger charge is -2.20. The lowest BCUT2D eigenvalue weighted by molar-refractivity contribution is 0.720. The zero-order valence-electron chi connectivity index (χ0n) is 12.3. The van der Waals surface area contributed by atoms with E-state index < -0.39 is 0 Å². The molecule has 0 bridgehead atoms. The van der Waals surface area contributed by atoms with Crippen molar-refractivity contribution in [2.75, 3.05) is 0 Å². The van der Waals surface area contributed by atoms with Crippen LogP contribution in [0.15, 0.2) is 59.6 Å². The summed E-state index contributed by atoms with van der Waals surface area (Å²) in [4.78, 5) is 3.47. The van der Waals surface area contributed by atoms with Crippen molar-refractivity contribution in [1.29, 1.82) is 0 Å². The van der Waals surface area contributed by atoms with Gasteiger partial charge in [-0.05, 0) is 31.5 Å². The molecular formula is C18H20N2S. The predicted molar refractivity (Wildman–Crippen MR) is 91.7 cm³/mol. The monoisotopic (exact) mass is 296 g/mol. The molecular weight excluding hydrogens is 276 g/mol. The molecule has 1 heterocycles. The van der Waals surface area contributed by atoms with Gasteiger partial charge in [0, 0.05) is 16.9 Å². The van der Waals surface area contributed by atoms with Crippen molar-refractivity contribution in [1.82, 2.24) is 4.98 Å². The number of aromatic nitrogens is 1. The molecule has 0 fully saturated rings. The second kappa shape index (κ2) is 5.96. The molecule has 1 aromatic heterocycles. The van der Waals surface area contributed by atoms with E-state index in [9.17, 15) is 0 Å². The molecule has 2 aromatic carbocycles. The molecule has 0 amide bonds. The van der Waals surface area contributed by atoms with Gasteiger partial charge in [-0.2, -0.15) is 0 Å². The largest absolute Gasteiger partial charge is 0.350 e. The van der Waals surface area contributed by atoms with Gasteiger partial charge in [0.15, 0.2) is 0 Å². The molecule has 2 atom stereocenters. The fourth-order valence-electron chi connectivity index (χ4n) is 2.57. The summed E-state index contributed by atoms with van der Waals surface area (Å²) < 4.78 is 0. The summed E-state index contributed by atoms with van der Waals surface area (Å²) >= 11 is 1.80. The number of hydrogen-bond donors (Lipinski definition) is 2. The van der Waals surface area contributed by atoms with Crippen molar-refractivity contribution in [3.8, 4) is 0 Å². The third-order valence-electron chi connectivity index (χ3n) is 3.61. The topological polar surface area (TPSA) is 41.8 Å². The molecule has 0 aliphatic rings. The van der Waals surface area contributed by atoms with Gasteiger partial charge in [0.25, 0.3) is 0 Å². The van der Waals surface area contributed by atoms with Gasteiger partial charge in [0.1, 0.15) is 0 Å². The molecule has 0 aliphatic heterocycles. The number of hydrogen-bond acceptors (Lipinski definition) is 2. The van der Waals surface area contributed by atoms with E-state index in [-0.39, 0.29) is 11.3 Å². The SMILES string of the molecule is Cc1cccc(C(Sc2cc3ccccc3[nH]2)C(C)N)c1. The number of aromatic amines is 1. The molecule has 21 heavy (non-hydrogen) atoms. The number of para-hydroxylation sites is 1. The first-order valence-electron chi connectivity index (χ1n) is 7.20. The number of thioether (sulfide) groups is 1. The van der Waals surface area contributed by atoms with Crippen LogP contribution in [-0.4, -0.2) is 11.0 Å². The maximum absolute atomic E-state index is 6.23. The third kappa shape index (κ3) is 3.14. The minimum atomic E-state index is 0.0863. The van der Waals surface area contributed by atoms with Crippen LogP contribution in [0.2, 0.25) is 0 Å². The lowest BCUT2D eigenvalue weighted by atomic mass is 10.0. The second-order valence-corrected chi connectivity index (χ2v) is 6.72. The second-order valence-electron chi connectivity index (χ2n) is 5.53. The fraction of sp³-hybridized carbons (Fsp3) is 0.222. The quantitative estimate of drug-likeness (QED) is 0.688. The number of nitrogens with two attached hydrogens (primary N) is 1. The van der Waals surface area contributed by atoms with Gasteiger partial charge in [-0.3, -0.25) is 0 Å². The van der Waals surface area contributed by atoms with Crippen molar-refractivity contribution in [2.45, 2.75) is 30.2 Å². The average Bonchev–Trinajstić information content (AvgIpc) is 2.87. The summed E-state index contributed by atoms with van der Waals surface area (Å²) in [5.74, 6) is 0. The molecule has 108 valence electrons. The zero-order valence-corrected chi connectivity index (χ0v) is 13.2. The fourth-order valence-corrected chi connectivity index (χ4v) is 3.71. The molecule has 3 N–H and O–H groups in total. The smallest absolute Gasteiger partial charge is 0.0739 e. The van der Waals surface area contributed by atoms with Crippen LogP contribution in [-0.2, 0) is 0 Å². The Kier molecular flexibility index (Phi) is 4.04. The Bertz CT molecular complexity index is 713. The van der Waals surface area contributed by atoms with Gasteiger partial charge in [-0.1, -0.05) is 59.8 Å². The average molecular weight is 296 g/mol. The molecule has 2 unspecified atom stereocenters. The zero-order chi connectivity index (χ0) is 14.8. The van der Waals surface area contributed by atoms with Crippen molar-refractivity contribution in [3.05, 3.63) is 65.7 Å². The highest BCUT2D eigenvalue weighted by atomic mass is 32.2. The Morgan fingerprint density at radius 3 is 2.57 bits per heavy atom. The summed E-state index contributed by atoms with van der Waals surface area (Å²) in [7, 11) is 0. The highest BCUT2D eigenvalue weighted by Crippen LogP contribution is 2.38. The van der Waals surface area contributed by atoms with Crippen molar-refractivity contribution >= 4 is 22.7 Å². The molecule has 0 saturated carbocycles. The first-order valence-corrected chi connectivity index (χ1v) is 8.08. The summed E-state index contributed by atoms with van der Waals surface area (Å²) in [5.41, 5.74) is 9.96. The summed E-state index contributed by atoms with van der Waals surface area (Å²) in [6, 6.07) is 19.2. The van der Waals surface area contributed by atoms with E-state index in [1.54, 1.807) is 11.8 Å². The number of rotatable bonds is 4. The van der Waals surface area contributed by atoms with Crippen LogP contribution in [0.25, 0.3) is 10.9 Å². The van der Waals surface area contributed by atoms with Crippen molar-refractivity contribution < 1.29 is 0 Å². The number of H-pyrrole nitrogens is 1. The van der Waals surface area contributed by atoms with Gasteiger partial charge in [0.2, 0.25) is 0 Å². The Labute approximate surface area is 129 Å². The van der Waals surface area contributed by atoms with Gasteiger partial charge in [0.05, 0.1) is 10.3 Å². The van der Waals surface area contributed by atoms with E-state index in [1.807, 2.05) is 0 Å². The first kappa shape index (κ1) is 14.2. The minimum Gasteiger partial charge on any atom is -0.350 e. The maximum atomic E-state index is 6.23. The van der Waals surface area contributed by atoms with Crippen LogP contribution in [0.1, 0.15) is 23.3 Å². The highest BCUT2D eigenvalue weighted by molar-refractivity contribution is 7.99. The normalized spacial score (nSPS) is 14.2. The minimum absolute atomic E-state index is 0.0863. The standard InChI is InChI=1S/C18H20N2S/c1-12-6-5-8-15(10-12)18(13(2)19)21-17-11-14-7-3-4-9-16(14)20-17/h3-11,13,18,20H,19H2,1-2H3. The van der Waals surface area contributed by atoms with Crippen molar-refractivity contribution in [2.24, 2.45) is 5.73 Å². The Morgan fingerprint density at radius 2 is 1.86 bits per heavy atom. The molecule has 3 aromatic rings. The van der Waals surface area contributed by atoms with E-state index in [2.05, 4.69) is 73.4 Å². The van der Waals surface area contributed by atoms with Crippen LogP contribution in [0.5, 0.6) is 0 Å². The van der Waals surface area contributed by atoms with Crippen molar-refractivity contribution in [3.63, 3.8) is 0 Å². The predicted octanol–water partition coefficient (Wildman–Crippen LogP) is 4.66. The Hall–Kier alpha value is -1.71. The maximum Gasteiger partial charge on any atom is 0.0739 e. The van der Waals surface area contributed by atoms with Crippen LogP contribution < -0.4 is 5.73 Å². The van der Waals surface area contributed by atoms with Gasteiger partial charge < -0.3 is 10.7 Å². The third-order valence-corrected chi connectivity index (χ3v) is 5.04. The van der Waals surface area contributed by atoms with Crippen LogP contribution in [0.3, 0.4) is 0 Å². The van der Waals surface area contributed by atoms with E-state index in [1.165, 1.54) is 27.1 Å². The number of nitrogens with one attached hydrogen (secondary N) is 1. The molecule has 3 rings (SSSR count). The number of fused-ring (bicyclic) bond motifs is 1. The van der Waals surface area contributed by atoms with E-state index >= 15 is 0 Å². The number of benzene rings is 2. The summed E-state index contributed by atoms with van der Waals surface area (Å²) in [5, 5.41) is 2.66. The van der Waals surface area contributed by atoms with E-state index in [0.29, 0.717) is 0 Å². The molecule has 0 radical (unpaired) electrons. The molecule has 0 saturated heterocycles. The molecule has 0 spiro atoms. The number of aryl methyl sites for hydroxylation is 1. The molecule has 2 nitrogen and oxygen atoms in total. The van der Waals surface area contributed by atoms with Crippen LogP contribution in [0, 0.1) is 6.92 Å².